The summed E-state index contributed by atoms with van der Waals surface area (Å²) < 4.78 is 33.3. The molecular formula is C51H81O15P. The Morgan fingerprint density at radius 1 is 0.522 bits per heavy atom. The topological polar surface area (TPSA) is 250 Å². The van der Waals surface area contributed by atoms with E-state index in [9.17, 15) is 54.8 Å². The lowest BCUT2D eigenvalue weighted by Gasteiger charge is -2.41. The molecule has 1 fully saturated rings. The van der Waals surface area contributed by atoms with Gasteiger partial charge in [-0.1, -0.05) is 130 Å². The van der Waals surface area contributed by atoms with Crippen molar-refractivity contribution in [1.82, 2.24) is 0 Å². The molecule has 0 aromatic carbocycles. The number of rotatable bonds is 37. The summed E-state index contributed by atoms with van der Waals surface area (Å²) in [5, 5.41) is 71.0. The zero-order valence-electron chi connectivity index (χ0n) is 39.6. The van der Waals surface area contributed by atoms with Crippen molar-refractivity contribution in [3.05, 3.63) is 109 Å². The Morgan fingerprint density at radius 2 is 0.955 bits per heavy atom. The van der Waals surface area contributed by atoms with E-state index in [1.165, 1.54) is 0 Å². The van der Waals surface area contributed by atoms with Crippen LogP contribution in [0, 0.1) is 0 Å². The SMILES string of the molecule is CC/C=C\C/C=C\C/C=C\C/C=C\C/C=C\CCCCCC(=O)OC[C@H](COP(=O)(O)OC1[C@H](O)[C@H](O)C(O)[C@H](O)[C@H]1O)OC(=O)CCC[C@@H](O)[C@H](O)C/C=C\C/C=C\C/C=C\C/C=C\CC. The number of ether oxygens (including phenoxy) is 2. The number of carbonyl (C=O) groups is 2. The number of unbranched alkanes of at least 4 members (excludes halogenated alkanes) is 3. The summed E-state index contributed by atoms with van der Waals surface area (Å²) in [6.45, 7) is 2.78. The first-order valence-corrected chi connectivity index (χ1v) is 25.4. The third-order valence-corrected chi connectivity index (χ3v) is 11.3. The number of allylic oxidation sites excluding steroid dienone is 17. The van der Waals surface area contributed by atoms with Crippen LogP contribution < -0.4 is 0 Å². The molecule has 0 heterocycles. The predicted molar refractivity (Wildman–Crippen MR) is 260 cm³/mol. The van der Waals surface area contributed by atoms with Crippen molar-refractivity contribution in [2.75, 3.05) is 13.2 Å². The quantitative estimate of drug-likeness (QED) is 0.0130. The molecule has 15 nitrogen and oxygen atoms in total. The van der Waals surface area contributed by atoms with Gasteiger partial charge in [-0.25, -0.2) is 4.57 Å². The second kappa shape index (κ2) is 39.3. The minimum atomic E-state index is -5.22. The highest BCUT2D eigenvalue weighted by Gasteiger charge is 2.51. The van der Waals surface area contributed by atoms with Gasteiger partial charge in [-0.05, 0) is 96.3 Å². The molecule has 0 bridgehead atoms. The zero-order valence-corrected chi connectivity index (χ0v) is 40.5. The van der Waals surface area contributed by atoms with Crippen LogP contribution >= 0.6 is 7.82 Å². The maximum atomic E-state index is 12.8. The lowest BCUT2D eigenvalue weighted by molar-refractivity contribution is -0.220. The van der Waals surface area contributed by atoms with Gasteiger partial charge in [0.2, 0.25) is 0 Å². The molecule has 0 spiro atoms. The standard InChI is InChI=1S/C51H81O15P/c1-3-5-7-9-11-13-15-17-18-19-20-21-22-23-25-27-29-31-33-37-44(54)63-39-41(40-64-67(61,62)66-51-49(59)47(57)46(56)48(58)50(51)60)65-45(55)38-34-36-43(53)42(52)35-32-30-28-26-24-16-14-12-10-8-6-4-2/h5-8,11-14,17-18,20-21,23-26,30,32,41-43,46-53,56-60H,3-4,9-10,15-16,19,22,27-29,31,33-40H2,1-2H3,(H,61,62)/b7-5-,8-6-,13-11-,14-12-,18-17-,21-20-,25-23-,26-24-,32-30-/t41-,42-,43-,46?,47-,48+,49-,50-,51?/m1/s1. The van der Waals surface area contributed by atoms with Crippen LogP contribution in [0.1, 0.15) is 129 Å². The molecule has 0 aromatic rings. The second-order valence-corrected chi connectivity index (χ2v) is 17.6. The molecule has 3 unspecified atom stereocenters. The maximum absolute atomic E-state index is 12.8. The lowest BCUT2D eigenvalue weighted by Crippen LogP contribution is -2.64. The van der Waals surface area contributed by atoms with Crippen molar-refractivity contribution in [1.29, 1.82) is 0 Å². The van der Waals surface area contributed by atoms with Crippen LogP contribution in [0.2, 0.25) is 0 Å². The Labute approximate surface area is 398 Å². The average molecular weight is 965 g/mol. The number of phosphoric acid groups is 1. The minimum absolute atomic E-state index is 0.0547. The van der Waals surface area contributed by atoms with E-state index >= 15 is 0 Å². The summed E-state index contributed by atoms with van der Waals surface area (Å²) >= 11 is 0. The van der Waals surface area contributed by atoms with Crippen molar-refractivity contribution in [3.63, 3.8) is 0 Å². The van der Waals surface area contributed by atoms with E-state index in [2.05, 4.69) is 98.9 Å². The zero-order chi connectivity index (χ0) is 49.5. The van der Waals surface area contributed by atoms with E-state index in [4.69, 9.17) is 18.5 Å². The van der Waals surface area contributed by atoms with E-state index in [1.807, 2.05) is 18.2 Å². The summed E-state index contributed by atoms with van der Waals surface area (Å²) in [5.74, 6) is -1.44. The van der Waals surface area contributed by atoms with Gasteiger partial charge in [-0.2, -0.15) is 0 Å². The molecule has 1 aliphatic rings. The van der Waals surface area contributed by atoms with Crippen LogP contribution in [0.3, 0.4) is 0 Å². The fourth-order valence-electron chi connectivity index (χ4n) is 6.40. The first-order valence-electron chi connectivity index (χ1n) is 23.9. The van der Waals surface area contributed by atoms with Gasteiger partial charge in [0.1, 0.15) is 43.2 Å². The fraction of sp³-hybridized carbons (Fsp3) is 0.608. The Hall–Kier alpha value is -3.57. The number of hydrogen-bond acceptors (Lipinski definition) is 14. The van der Waals surface area contributed by atoms with Gasteiger partial charge < -0.3 is 50.1 Å². The summed E-state index contributed by atoms with van der Waals surface area (Å²) in [6, 6.07) is 0. The number of carbonyl (C=O) groups excluding carboxylic acids is 2. The average Bonchev–Trinajstić information content (AvgIpc) is 3.30. The normalized spacial score (nSPS) is 23.1. The van der Waals surface area contributed by atoms with Crippen LogP contribution in [0.5, 0.6) is 0 Å². The molecule has 0 saturated heterocycles. The third-order valence-electron chi connectivity index (χ3n) is 10.3. The number of phosphoric ester groups is 1. The lowest BCUT2D eigenvalue weighted by atomic mass is 9.85. The van der Waals surface area contributed by atoms with Crippen LogP contribution in [-0.2, 0) is 32.7 Å². The van der Waals surface area contributed by atoms with Gasteiger partial charge in [0.05, 0.1) is 18.8 Å². The van der Waals surface area contributed by atoms with E-state index in [-0.39, 0.29) is 32.1 Å². The van der Waals surface area contributed by atoms with E-state index in [0.717, 1.165) is 70.6 Å². The van der Waals surface area contributed by atoms with Crippen molar-refractivity contribution >= 4 is 19.8 Å². The number of esters is 2. The minimum Gasteiger partial charge on any atom is -0.462 e. The third kappa shape index (κ3) is 31.2. The molecule has 0 radical (unpaired) electrons. The molecule has 0 amide bonds. The molecule has 380 valence electrons. The first-order chi connectivity index (χ1) is 32.2. The van der Waals surface area contributed by atoms with Crippen molar-refractivity contribution < 1.29 is 73.3 Å². The van der Waals surface area contributed by atoms with Gasteiger partial charge in [0.15, 0.2) is 6.10 Å². The van der Waals surface area contributed by atoms with Crippen molar-refractivity contribution in [3.8, 4) is 0 Å². The molecule has 16 heteroatoms. The highest BCUT2D eigenvalue weighted by Crippen LogP contribution is 2.47. The molecule has 8 N–H and O–H groups in total. The Morgan fingerprint density at radius 3 is 1.45 bits per heavy atom. The Balaban J connectivity index is 2.59. The summed E-state index contributed by atoms with van der Waals surface area (Å²) in [5.41, 5.74) is 0. The summed E-state index contributed by atoms with van der Waals surface area (Å²) in [4.78, 5) is 35.8. The van der Waals surface area contributed by atoms with Crippen LogP contribution in [0.25, 0.3) is 0 Å². The van der Waals surface area contributed by atoms with Crippen molar-refractivity contribution in [2.45, 2.75) is 184 Å². The number of aliphatic hydroxyl groups excluding tert-OH is 7. The molecule has 1 saturated carbocycles. The van der Waals surface area contributed by atoms with Crippen LogP contribution in [0.15, 0.2) is 109 Å². The fourth-order valence-corrected chi connectivity index (χ4v) is 7.37. The molecule has 1 aliphatic carbocycles. The summed E-state index contributed by atoms with van der Waals surface area (Å²) in [6.07, 6.45) is 32.8. The van der Waals surface area contributed by atoms with Gasteiger partial charge in [-0.15, -0.1) is 0 Å². The molecule has 67 heavy (non-hydrogen) atoms. The van der Waals surface area contributed by atoms with Gasteiger partial charge in [-0.3, -0.25) is 18.6 Å². The first kappa shape index (κ1) is 61.4. The molecule has 0 aliphatic heterocycles. The van der Waals surface area contributed by atoms with E-state index < -0.39 is 87.9 Å². The second-order valence-electron chi connectivity index (χ2n) is 16.2. The largest absolute Gasteiger partial charge is 0.472 e. The molecule has 1 rings (SSSR count). The van der Waals surface area contributed by atoms with Crippen LogP contribution in [0.4, 0.5) is 0 Å². The molecule has 0 aromatic heterocycles. The highest BCUT2D eigenvalue weighted by atomic mass is 31.2. The van der Waals surface area contributed by atoms with Gasteiger partial charge in [0, 0.05) is 12.8 Å². The highest BCUT2D eigenvalue weighted by molar-refractivity contribution is 7.47. The Kier molecular flexibility index (Phi) is 36.0. The summed E-state index contributed by atoms with van der Waals surface area (Å²) in [7, 11) is -5.22. The monoisotopic (exact) mass is 965 g/mol. The van der Waals surface area contributed by atoms with Gasteiger partial charge >= 0.3 is 19.8 Å². The predicted octanol–water partition coefficient (Wildman–Crippen LogP) is 7.55. The maximum Gasteiger partial charge on any atom is 0.472 e. The van der Waals surface area contributed by atoms with Crippen molar-refractivity contribution in [2.24, 2.45) is 0 Å². The smallest absolute Gasteiger partial charge is 0.462 e. The van der Waals surface area contributed by atoms with Gasteiger partial charge in [0.25, 0.3) is 0 Å². The Bertz CT molecular complexity index is 1620. The number of aliphatic hydroxyl groups is 7. The molecular weight excluding hydrogens is 884 g/mol. The number of hydrogen-bond donors (Lipinski definition) is 8. The van der Waals surface area contributed by atoms with Crippen LogP contribution in [-0.4, -0.2) is 121 Å². The van der Waals surface area contributed by atoms with E-state index in [0.29, 0.717) is 12.8 Å². The molecule has 10 atom stereocenters. The van der Waals surface area contributed by atoms with E-state index in [1.54, 1.807) is 6.08 Å².